The van der Waals surface area contributed by atoms with Crippen LogP contribution in [0.3, 0.4) is 0 Å². The van der Waals surface area contributed by atoms with Crippen molar-refractivity contribution in [2.75, 3.05) is 0 Å². The number of benzene rings is 1. The highest BCUT2D eigenvalue weighted by molar-refractivity contribution is 9.11. The lowest BCUT2D eigenvalue weighted by Crippen LogP contribution is -2.45. The van der Waals surface area contributed by atoms with Gasteiger partial charge in [-0.2, -0.15) is 5.10 Å². The fourth-order valence-corrected chi connectivity index (χ4v) is 5.79. The van der Waals surface area contributed by atoms with Crippen molar-refractivity contribution in [1.29, 1.82) is 0 Å². The Hall–Kier alpha value is -1.33. The monoisotopic (exact) mass is 416 g/mol. The third kappa shape index (κ3) is 2.81. The molecule has 1 aromatic heterocycles. The molecule has 1 aromatic carbocycles. The highest BCUT2D eigenvalue weighted by Crippen LogP contribution is 2.46. The van der Waals surface area contributed by atoms with E-state index in [4.69, 9.17) is 9.84 Å². The van der Waals surface area contributed by atoms with E-state index in [2.05, 4.69) is 57.3 Å². The number of nitrogens with zero attached hydrogens (tertiary/aromatic N) is 2. The Morgan fingerprint density at radius 1 is 1.08 bits per heavy atom. The van der Waals surface area contributed by atoms with Crippen molar-refractivity contribution in [2.45, 2.75) is 50.8 Å². The van der Waals surface area contributed by atoms with Crippen LogP contribution in [0, 0.1) is 5.92 Å². The summed E-state index contributed by atoms with van der Waals surface area (Å²) in [5.41, 5.74) is 2.48. The number of para-hydroxylation sites is 1. The largest absolute Gasteiger partial charge is 0.468 e. The molecular weight excluding hydrogens is 396 g/mol. The third-order valence-corrected chi connectivity index (χ3v) is 7.31. The quantitative estimate of drug-likeness (QED) is 0.602. The first-order valence-electron chi connectivity index (χ1n) is 9.17. The fourth-order valence-electron chi connectivity index (χ4n) is 4.41. The molecule has 3 heterocycles. The van der Waals surface area contributed by atoms with E-state index in [9.17, 15) is 0 Å². The van der Waals surface area contributed by atoms with Gasteiger partial charge in [-0.25, -0.2) is 5.01 Å². The van der Waals surface area contributed by atoms with Gasteiger partial charge in [0, 0.05) is 17.9 Å². The van der Waals surface area contributed by atoms with Gasteiger partial charge in [-0.15, -0.1) is 11.3 Å². The lowest BCUT2D eigenvalue weighted by atomic mass is 9.86. The number of fused-ring (bicyclic) bond motifs is 3. The molecule has 0 amide bonds. The maximum absolute atomic E-state index is 6.49. The predicted molar refractivity (Wildman–Crippen MR) is 105 cm³/mol. The van der Waals surface area contributed by atoms with Gasteiger partial charge in [-0.3, -0.25) is 0 Å². The summed E-state index contributed by atoms with van der Waals surface area (Å²) in [7, 11) is 0. The van der Waals surface area contributed by atoms with Gasteiger partial charge in [-0.05, 0) is 47.0 Å². The molecule has 2 aliphatic heterocycles. The zero-order chi connectivity index (χ0) is 16.8. The van der Waals surface area contributed by atoms with Gasteiger partial charge in [0.15, 0.2) is 6.23 Å². The van der Waals surface area contributed by atoms with E-state index in [1.54, 1.807) is 11.3 Å². The maximum Gasteiger partial charge on any atom is 0.190 e. The Bertz CT molecular complexity index is 812. The molecule has 5 rings (SSSR count). The Labute approximate surface area is 160 Å². The van der Waals surface area contributed by atoms with Gasteiger partial charge in [0.05, 0.1) is 20.4 Å². The molecule has 2 atom stereocenters. The number of halogens is 1. The van der Waals surface area contributed by atoms with Crippen molar-refractivity contribution >= 4 is 33.0 Å². The van der Waals surface area contributed by atoms with E-state index in [0.717, 1.165) is 16.0 Å². The Morgan fingerprint density at radius 3 is 2.72 bits per heavy atom. The second-order valence-electron chi connectivity index (χ2n) is 7.19. The van der Waals surface area contributed by atoms with Crippen LogP contribution in [0.2, 0.25) is 0 Å². The SMILES string of the molecule is Brc1ccc(C2=NN3[C@H](C2)c2ccccc2O[C@H]3C2CCCCC2)s1. The van der Waals surface area contributed by atoms with Crippen molar-refractivity contribution in [3.05, 3.63) is 50.6 Å². The summed E-state index contributed by atoms with van der Waals surface area (Å²) in [6, 6.07) is 13.1. The third-order valence-electron chi connectivity index (χ3n) is 5.64. The molecule has 2 aromatic rings. The number of ether oxygens (including phenoxy) is 1. The molecule has 25 heavy (non-hydrogen) atoms. The van der Waals surface area contributed by atoms with Crippen LogP contribution in [0.4, 0.5) is 0 Å². The second-order valence-corrected chi connectivity index (χ2v) is 9.66. The van der Waals surface area contributed by atoms with E-state index in [1.165, 1.54) is 48.3 Å². The summed E-state index contributed by atoms with van der Waals surface area (Å²) in [4.78, 5) is 1.26. The molecule has 3 aliphatic rings. The molecule has 0 N–H and O–H groups in total. The minimum Gasteiger partial charge on any atom is -0.468 e. The van der Waals surface area contributed by atoms with Crippen LogP contribution < -0.4 is 4.74 Å². The zero-order valence-electron chi connectivity index (χ0n) is 14.0. The van der Waals surface area contributed by atoms with Gasteiger partial charge in [0.2, 0.25) is 0 Å². The summed E-state index contributed by atoms with van der Waals surface area (Å²) in [6.07, 6.45) is 7.56. The topological polar surface area (TPSA) is 24.8 Å². The first kappa shape index (κ1) is 15.9. The molecule has 0 bridgehead atoms. The number of rotatable bonds is 2. The standard InChI is InChI=1S/C20H21BrN2OS/c21-19-11-10-18(25-19)15-12-16-14-8-4-5-9-17(14)24-20(23(16)22-15)13-6-2-1-3-7-13/h4-5,8-11,13,16,20H,1-3,6-7,12H2/t16-,20+/m1/s1. The van der Waals surface area contributed by atoms with E-state index in [0.29, 0.717) is 12.0 Å². The minimum absolute atomic E-state index is 0.0844. The Balaban J connectivity index is 1.53. The molecule has 1 aliphatic carbocycles. The van der Waals surface area contributed by atoms with Crippen LogP contribution in [-0.4, -0.2) is 16.9 Å². The molecule has 0 spiro atoms. The van der Waals surface area contributed by atoms with Gasteiger partial charge >= 0.3 is 0 Å². The van der Waals surface area contributed by atoms with Crippen LogP contribution in [0.5, 0.6) is 5.75 Å². The summed E-state index contributed by atoms with van der Waals surface area (Å²) in [5.74, 6) is 1.64. The molecule has 5 heteroatoms. The van der Waals surface area contributed by atoms with E-state index < -0.39 is 0 Å². The molecule has 3 nitrogen and oxygen atoms in total. The van der Waals surface area contributed by atoms with Crippen molar-refractivity contribution in [3.8, 4) is 5.75 Å². The molecule has 0 unspecified atom stereocenters. The van der Waals surface area contributed by atoms with Crippen LogP contribution in [0.25, 0.3) is 0 Å². The van der Waals surface area contributed by atoms with E-state index in [1.807, 2.05) is 0 Å². The summed E-state index contributed by atoms with van der Waals surface area (Å²) in [5, 5.41) is 7.34. The molecule has 130 valence electrons. The number of hydrazone groups is 1. The number of hydrogen-bond donors (Lipinski definition) is 0. The molecule has 1 saturated carbocycles. The Morgan fingerprint density at radius 2 is 1.92 bits per heavy atom. The van der Waals surface area contributed by atoms with Crippen molar-refractivity contribution in [1.82, 2.24) is 5.01 Å². The molecule has 1 fully saturated rings. The highest BCUT2D eigenvalue weighted by Gasteiger charge is 2.43. The van der Waals surface area contributed by atoms with Crippen LogP contribution in [-0.2, 0) is 0 Å². The van der Waals surface area contributed by atoms with Crippen molar-refractivity contribution in [3.63, 3.8) is 0 Å². The molecular formula is C20H21BrN2OS. The van der Waals surface area contributed by atoms with Crippen LogP contribution in [0.1, 0.15) is 55.0 Å². The average molecular weight is 417 g/mol. The van der Waals surface area contributed by atoms with Gasteiger partial charge in [-0.1, -0.05) is 37.5 Å². The normalized spacial score (nSPS) is 26.0. The first-order chi connectivity index (χ1) is 12.3. The number of thiophene rings is 1. The van der Waals surface area contributed by atoms with Gasteiger partial charge < -0.3 is 4.74 Å². The van der Waals surface area contributed by atoms with Gasteiger partial charge in [0.1, 0.15) is 5.75 Å². The van der Waals surface area contributed by atoms with Gasteiger partial charge in [0.25, 0.3) is 0 Å². The number of hydrogen-bond acceptors (Lipinski definition) is 4. The zero-order valence-corrected chi connectivity index (χ0v) is 16.4. The summed E-state index contributed by atoms with van der Waals surface area (Å²) >= 11 is 5.35. The van der Waals surface area contributed by atoms with Crippen molar-refractivity contribution in [2.24, 2.45) is 11.0 Å². The highest BCUT2D eigenvalue weighted by atomic mass is 79.9. The predicted octanol–water partition coefficient (Wildman–Crippen LogP) is 5.96. The minimum atomic E-state index is 0.0844. The average Bonchev–Trinajstić information content (AvgIpc) is 3.28. The molecule has 0 saturated heterocycles. The first-order valence-corrected chi connectivity index (χ1v) is 10.8. The van der Waals surface area contributed by atoms with Crippen LogP contribution >= 0.6 is 27.3 Å². The summed E-state index contributed by atoms with van der Waals surface area (Å²) < 4.78 is 7.65. The smallest absolute Gasteiger partial charge is 0.190 e. The van der Waals surface area contributed by atoms with E-state index >= 15 is 0 Å². The van der Waals surface area contributed by atoms with Crippen molar-refractivity contribution < 1.29 is 4.74 Å². The summed E-state index contributed by atoms with van der Waals surface area (Å²) in [6.45, 7) is 0. The van der Waals surface area contributed by atoms with E-state index in [-0.39, 0.29) is 6.23 Å². The van der Waals surface area contributed by atoms with Crippen LogP contribution in [0.15, 0.2) is 45.3 Å². The second kappa shape index (κ2) is 6.44. The maximum atomic E-state index is 6.49. The lowest BCUT2D eigenvalue weighted by Gasteiger charge is -2.42. The lowest BCUT2D eigenvalue weighted by molar-refractivity contribution is -0.0643. The fraction of sp³-hybridized carbons (Fsp3) is 0.450. The Kier molecular flexibility index (Phi) is 4.09. The molecule has 0 radical (unpaired) electrons.